The lowest BCUT2D eigenvalue weighted by atomic mass is 10.4. The number of hydrogen-bond donors (Lipinski definition) is 1. The second-order valence-corrected chi connectivity index (χ2v) is 3.52. The second kappa shape index (κ2) is 5.56. The molecular weight excluding hydrogens is 182 g/mol. The van der Waals surface area contributed by atoms with E-state index in [9.17, 15) is 0 Å². The van der Waals surface area contributed by atoms with E-state index < -0.39 is 0 Å². The Morgan fingerprint density at radius 2 is 2.62 bits per heavy atom. The summed E-state index contributed by atoms with van der Waals surface area (Å²) in [5.41, 5.74) is 3.81. The number of hydroxylamine groups is 1. The predicted molar refractivity (Wildman–Crippen MR) is 57.3 cm³/mol. The van der Waals surface area contributed by atoms with Gasteiger partial charge in [-0.1, -0.05) is 12.1 Å². The lowest BCUT2D eigenvalue weighted by Gasteiger charge is -2.03. The van der Waals surface area contributed by atoms with Gasteiger partial charge in [0.25, 0.3) is 0 Å². The molecule has 0 aliphatic carbocycles. The fourth-order valence-corrected chi connectivity index (χ4v) is 1.55. The van der Waals surface area contributed by atoms with Crippen LogP contribution < -0.4 is 5.48 Å². The molecule has 1 rings (SSSR count). The highest BCUT2D eigenvalue weighted by atomic mass is 32.1. The van der Waals surface area contributed by atoms with Crippen LogP contribution in [0.2, 0.25) is 0 Å². The van der Waals surface area contributed by atoms with Crippen LogP contribution in [-0.4, -0.2) is 6.61 Å². The van der Waals surface area contributed by atoms with Gasteiger partial charge in [-0.25, -0.2) is 0 Å². The van der Waals surface area contributed by atoms with E-state index in [0.29, 0.717) is 6.61 Å². The van der Waals surface area contributed by atoms with Gasteiger partial charge in [0.2, 0.25) is 0 Å². The van der Waals surface area contributed by atoms with E-state index in [-0.39, 0.29) is 0 Å². The maximum atomic E-state index is 5.06. The Hall–Kier alpha value is -1.06. The summed E-state index contributed by atoms with van der Waals surface area (Å²) in [4.78, 5) is 6.28. The topological polar surface area (TPSA) is 21.3 Å². The molecule has 1 aromatic rings. The first-order chi connectivity index (χ1) is 6.33. The summed E-state index contributed by atoms with van der Waals surface area (Å²) in [6.07, 6.45) is 3.74. The lowest BCUT2D eigenvalue weighted by Crippen LogP contribution is -2.11. The Bertz CT molecular complexity index is 277. The zero-order valence-electron chi connectivity index (χ0n) is 7.62. The third-order valence-corrected chi connectivity index (χ3v) is 2.16. The Morgan fingerprint density at radius 3 is 3.23 bits per heavy atom. The zero-order valence-corrected chi connectivity index (χ0v) is 8.43. The van der Waals surface area contributed by atoms with E-state index in [1.54, 1.807) is 17.4 Å². The Labute approximate surface area is 82.5 Å². The Balaban J connectivity index is 2.38. The average Bonchev–Trinajstić information content (AvgIpc) is 2.57. The summed E-state index contributed by atoms with van der Waals surface area (Å²) in [5, 5.41) is 2.05. The highest BCUT2D eigenvalue weighted by molar-refractivity contribution is 7.10. The van der Waals surface area contributed by atoms with Gasteiger partial charge in [0.1, 0.15) is 0 Å². The van der Waals surface area contributed by atoms with Crippen molar-refractivity contribution < 1.29 is 4.84 Å². The van der Waals surface area contributed by atoms with Crippen LogP contribution in [0.4, 0.5) is 0 Å². The number of hydrogen-bond acceptors (Lipinski definition) is 3. The van der Waals surface area contributed by atoms with Gasteiger partial charge in [-0.3, -0.25) is 10.3 Å². The predicted octanol–water partition coefficient (Wildman–Crippen LogP) is 2.82. The zero-order chi connectivity index (χ0) is 9.52. The number of rotatable bonds is 5. The van der Waals surface area contributed by atoms with E-state index in [4.69, 9.17) is 4.84 Å². The van der Waals surface area contributed by atoms with E-state index in [1.165, 1.54) is 4.88 Å². The van der Waals surface area contributed by atoms with Gasteiger partial charge in [0, 0.05) is 10.6 Å². The average molecular weight is 195 g/mol. The van der Waals surface area contributed by atoms with Gasteiger partial charge in [0.05, 0.1) is 6.61 Å². The molecule has 0 bridgehead atoms. The minimum atomic E-state index is 0.510. The fourth-order valence-electron chi connectivity index (χ4n) is 0.831. The Morgan fingerprint density at radius 1 is 1.77 bits per heavy atom. The van der Waals surface area contributed by atoms with E-state index in [0.717, 1.165) is 5.70 Å². The summed E-state index contributed by atoms with van der Waals surface area (Å²) in [5.74, 6) is 0. The van der Waals surface area contributed by atoms with E-state index >= 15 is 0 Å². The summed E-state index contributed by atoms with van der Waals surface area (Å²) in [7, 11) is 0. The summed E-state index contributed by atoms with van der Waals surface area (Å²) < 4.78 is 0. The van der Waals surface area contributed by atoms with Crippen molar-refractivity contribution in [3.8, 4) is 0 Å². The molecule has 0 saturated heterocycles. The van der Waals surface area contributed by atoms with Crippen molar-refractivity contribution >= 4 is 17.4 Å². The first-order valence-corrected chi connectivity index (χ1v) is 4.91. The minimum absolute atomic E-state index is 0.510. The van der Waals surface area contributed by atoms with Crippen LogP contribution >= 0.6 is 11.3 Å². The number of allylic oxidation sites excluding steroid dienone is 1. The van der Waals surface area contributed by atoms with Crippen LogP contribution in [0, 0.1) is 0 Å². The summed E-state index contributed by atoms with van der Waals surface area (Å²) >= 11 is 1.70. The lowest BCUT2D eigenvalue weighted by molar-refractivity contribution is 0.0872. The maximum Gasteiger partial charge on any atom is 0.0924 e. The Kier molecular flexibility index (Phi) is 4.29. The molecule has 1 N–H and O–H groups in total. The molecule has 3 heteroatoms. The molecule has 1 aromatic heterocycles. The number of thiophene rings is 1. The molecule has 2 nitrogen and oxygen atoms in total. The van der Waals surface area contributed by atoms with Crippen molar-refractivity contribution in [2.75, 3.05) is 6.61 Å². The molecule has 0 aliphatic rings. The van der Waals surface area contributed by atoms with E-state index in [1.807, 2.05) is 24.4 Å². The third-order valence-electron chi connectivity index (χ3n) is 1.34. The molecule has 0 atom stereocenters. The number of nitrogens with one attached hydrogen (secondary N) is 1. The summed E-state index contributed by atoms with van der Waals surface area (Å²) in [6.45, 7) is 6.02. The first-order valence-electron chi connectivity index (χ1n) is 4.03. The minimum Gasteiger partial charge on any atom is -0.272 e. The summed E-state index contributed by atoms with van der Waals surface area (Å²) in [6, 6.07) is 4.08. The largest absolute Gasteiger partial charge is 0.272 e. The van der Waals surface area contributed by atoms with Gasteiger partial charge >= 0.3 is 0 Å². The molecule has 0 saturated carbocycles. The van der Waals surface area contributed by atoms with Crippen LogP contribution in [0.3, 0.4) is 0 Å². The standard InChI is InChI=1S/C10H13NOS/c1-3-6-12-11-9(2)8-10-5-4-7-13-10/h3-5,7-8,11H,1,6H2,2H3. The molecule has 0 unspecified atom stereocenters. The highest BCUT2D eigenvalue weighted by Crippen LogP contribution is 2.11. The molecule has 70 valence electrons. The maximum absolute atomic E-state index is 5.06. The van der Waals surface area contributed by atoms with Crippen LogP contribution in [0.15, 0.2) is 35.9 Å². The van der Waals surface area contributed by atoms with Crippen LogP contribution in [-0.2, 0) is 4.84 Å². The van der Waals surface area contributed by atoms with Crippen molar-refractivity contribution in [2.24, 2.45) is 0 Å². The van der Waals surface area contributed by atoms with Crippen molar-refractivity contribution in [2.45, 2.75) is 6.92 Å². The molecule has 0 radical (unpaired) electrons. The SMILES string of the molecule is C=CCONC(C)=Cc1cccs1. The van der Waals surface area contributed by atoms with Crippen LogP contribution in [0.25, 0.3) is 6.08 Å². The smallest absolute Gasteiger partial charge is 0.0924 e. The third kappa shape index (κ3) is 3.92. The fraction of sp³-hybridized carbons (Fsp3) is 0.200. The molecule has 0 aromatic carbocycles. The van der Waals surface area contributed by atoms with E-state index in [2.05, 4.69) is 18.1 Å². The van der Waals surface area contributed by atoms with Gasteiger partial charge in [0.15, 0.2) is 0 Å². The van der Waals surface area contributed by atoms with Crippen LogP contribution in [0.1, 0.15) is 11.8 Å². The van der Waals surface area contributed by atoms with Gasteiger partial charge in [-0.15, -0.1) is 17.9 Å². The normalized spacial score (nSPS) is 11.3. The first kappa shape index (κ1) is 10.0. The second-order valence-electron chi connectivity index (χ2n) is 2.54. The molecule has 0 amide bonds. The van der Waals surface area contributed by atoms with Crippen LogP contribution in [0.5, 0.6) is 0 Å². The monoisotopic (exact) mass is 195 g/mol. The van der Waals surface area contributed by atoms with Gasteiger partial charge < -0.3 is 0 Å². The molecule has 0 spiro atoms. The highest BCUT2D eigenvalue weighted by Gasteiger charge is 1.90. The van der Waals surface area contributed by atoms with Gasteiger partial charge in [-0.05, 0) is 24.4 Å². The molecule has 0 aliphatic heterocycles. The quantitative estimate of drug-likeness (QED) is 0.443. The molecular formula is C10H13NOS. The van der Waals surface area contributed by atoms with Crippen molar-refractivity contribution in [3.63, 3.8) is 0 Å². The molecule has 1 heterocycles. The van der Waals surface area contributed by atoms with Gasteiger partial charge in [-0.2, -0.15) is 0 Å². The van der Waals surface area contributed by atoms with Crippen molar-refractivity contribution in [1.29, 1.82) is 0 Å². The van der Waals surface area contributed by atoms with Crippen molar-refractivity contribution in [1.82, 2.24) is 5.48 Å². The van der Waals surface area contributed by atoms with Crippen molar-refractivity contribution in [3.05, 3.63) is 40.7 Å². The molecule has 0 fully saturated rings. The molecule has 13 heavy (non-hydrogen) atoms.